The summed E-state index contributed by atoms with van der Waals surface area (Å²) < 4.78 is 73.5. The van der Waals surface area contributed by atoms with E-state index in [0.717, 1.165) is 43.6 Å². The van der Waals surface area contributed by atoms with E-state index in [9.17, 15) is 26.2 Å². The first kappa shape index (κ1) is 35.6. The largest absolute Gasteiger partial charge is 0.744 e. The average Bonchev–Trinajstić information content (AvgIpc) is 3.01. The lowest BCUT2D eigenvalue weighted by molar-refractivity contribution is -0.519. The van der Waals surface area contributed by atoms with Gasteiger partial charge in [-0.05, 0) is 87.7 Å². The molecule has 45 heavy (non-hydrogen) atoms. The summed E-state index contributed by atoms with van der Waals surface area (Å²) in [5, 5.41) is 0. The van der Waals surface area contributed by atoms with Crippen LogP contribution in [0.15, 0.2) is 94.3 Å². The predicted molar refractivity (Wildman–Crippen MR) is 176 cm³/mol. The van der Waals surface area contributed by atoms with Crippen molar-refractivity contribution in [2.24, 2.45) is 0 Å². The monoisotopic (exact) mass is 655 g/mol. The van der Waals surface area contributed by atoms with E-state index in [4.69, 9.17) is 4.74 Å². The number of nitrogens with zero attached hydrogens (tertiary/aromatic N) is 2. The number of carbonyl (C=O) groups excluding carboxylic acids is 1. The van der Waals surface area contributed by atoms with Gasteiger partial charge in [-0.1, -0.05) is 24.8 Å². The Morgan fingerprint density at radius 2 is 1.53 bits per heavy atom. The molecule has 2 aromatic rings. The normalized spacial score (nSPS) is 13.1. The van der Waals surface area contributed by atoms with Gasteiger partial charge in [-0.3, -0.25) is 0 Å². The van der Waals surface area contributed by atoms with Crippen molar-refractivity contribution in [2.45, 2.75) is 44.4 Å². The number of sulfonamides is 1. The topological polar surface area (TPSA) is 136 Å². The second kappa shape index (κ2) is 15.4. The first-order valence-corrected chi connectivity index (χ1v) is 17.7. The summed E-state index contributed by atoms with van der Waals surface area (Å²) in [6, 6.07) is 11.0. The minimum absolute atomic E-state index is 0.0746. The number of hydrogen-bond acceptors (Lipinski definition) is 8. The molecule has 0 radical (unpaired) electrons. The molecule has 0 spiro atoms. The Bertz CT molecular complexity index is 1740. The van der Waals surface area contributed by atoms with Crippen LogP contribution in [-0.4, -0.2) is 77.0 Å². The van der Waals surface area contributed by atoms with Crippen molar-refractivity contribution in [1.82, 2.24) is 4.72 Å². The fourth-order valence-electron chi connectivity index (χ4n) is 4.94. The van der Waals surface area contributed by atoms with E-state index in [2.05, 4.69) is 48.5 Å². The highest BCUT2D eigenvalue weighted by Crippen LogP contribution is 2.35. The summed E-state index contributed by atoms with van der Waals surface area (Å²) in [5.74, 6) is -0.670. The maximum Gasteiger partial charge on any atom is 0.333 e. The Labute approximate surface area is 266 Å². The van der Waals surface area contributed by atoms with Crippen molar-refractivity contribution >= 4 is 43.1 Å². The van der Waals surface area contributed by atoms with Crippen LogP contribution in [0.4, 0.5) is 5.69 Å². The van der Waals surface area contributed by atoms with Crippen LogP contribution in [0.2, 0.25) is 0 Å². The van der Waals surface area contributed by atoms with Gasteiger partial charge in [-0.15, -0.1) is 0 Å². The summed E-state index contributed by atoms with van der Waals surface area (Å²) in [7, 11) is -9.40. The van der Waals surface area contributed by atoms with E-state index in [0.29, 0.717) is 16.7 Å². The Balaban J connectivity index is 2.17. The highest BCUT2D eigenvalue weighted by atomic mass is 32.2. The third-order valence-corrected chi connectivity index (χ3v) is 9.68. The second-order valence-electron chi connectivity index (χ2n) is 10.2. The molecule has 10 nitrogen and oxygen atoms in total. The molecule has 0 saturated carbocycles. The lowest BCUT2D eigenvalue weighted by atomic mass is 9.90. The quantitative estimate of drug-likeness (QED) is 0.105. The Hall–Kier alpha value is -3.84. The maximum absolute atomic E-state index is 13.0. The molecule has 1 N–H and O–H groups in total. The van der Waals surface area contributed by atoms with Gasteiger partial charge in [0.1, 0.15) is 29.8 Å². The highest BCUT2D eigenvalue weighted by Gasteiger charge is 2.23. The molecule has 0 unspecified atom stereocenters. The van der Waals surface area contributed by atoms with Crippen LogP contribution in [0.5, 0.6) is 0 Å². The number of anilines is 1. The Kier molecular flexibility index (Phi) is 12.2. The van der Waals surface area contributed by atoms with Crippen LogP contribution in [-0.2, 0) is 29.7 Å². The van der Waals surface area contributed by atoms with Crippen LogP contribution >= 0.6 is 0 Å². The van der Waals surface area contributed by atoms with Gasteiger partial charge in [0.15, 0.2) is 5.71 Å². The lowest BCUT2D eigenvalue weighted by Crippen LogP contribution is -2.28. The fourth-order valence-corrected chi connectivity index (χ4v) is 6.77. The number of nitrogens with one attached hydrogen (secondary N) is 1. The van der Waals surface area contributed by atoms with E-state index in [1.165, 1.54) is 19.1 Å². The molecule has 1 aliphatic carbocycles. The summed E-state index contributed by atoms with van der Waals surface area (Å²) in [5.41, 5.74) is 3.97. The molecule has 1 aliphatic rings. The molecule has 0 fully saturated rings. The third kappa shape index (κ3) is 8.88. The Morgan fingerprint density at radius 3 is 2.04 bits per heavy atom. The molecular formula is C33H41N3O7S2. The molecule has 0 saturated heterocycles. The van der Waals surface area contributed by atoms with Gasteiger partial charge in [0.05, 0.1) is 9.79 Å². The Morgan fingerprint density at radius 1 is 0.933 bits per heavy atom. The van der Waals surface area contributed by atoms with Crippen LogP contribution < -0.4 is 9.62 Å². The van der Waals surface area contributed by atoms with E-state index in [-0.39, 0.29) is 24.3 Å². The SMILES string of the molecule is C=C(C)C(=O)OCCNS(=O)(=O)c1ccc(C(=C2C=CC(=[N+](CC)CC)C=C2)c2ccc(N(CC)CC)cc2)c(S(=O)(=O)[O-])c1. The number of rotatable bonds is 14. The van der Waals surface area contributed by atoms with Crippen LogP contribution in [0.1, 0.15) is 45.7 Å². The zero-order valence-electron chi connectivity index (χ0n) is 26.4. The number of hydrogen-bond donors (Lipinski definition) is 1. The zero-order chi connectivity index (χ0) is 33.4. The van der Waals surface area contributed by atoms with Crippen LogP contribution in [0, 0.1) is 0 Å². The predicted octanol–water partition coefficient (Wildman–Crippen LogP) is 4.26. The first-order chi connectivity index (χ1) is 21.3. The van der Waals surface area contributed by atoms with Gasteiger partial charge >= 0.3 is 5.97 Å². The molecule has 0 bridgehead atoms. The number of carbonyl (C=O) groups is 1. The number of allylic oxidation sites excluding steroid dienone is 5. The van der Waals surface area contributed by atoms with Crippen molar-refractivity contribution in [3.05, 3.63) is 95.6 Å². The number of ether oxygens (including phenoxy) is 1. The van der Waals surface area contributed by atoms with Crippen molar-refractivity contribution in [3.8, 4) is 0 Å². The van der Waals surface area contributed by atoms with Crippen LogP contribution in [0.3, 0.4) is 0 Å². The fraction of sp³-hybridized carbons (Fsp3) is 0.333. The highest BCUT2D eigenvalue weighted by molar-refractivity contribution is 7.89. The minimum atomic E-state index is -5.14. The van der Waals surface area contributed by atoms with Gasteiger partial charge in [-0.25, -0.2) is 30.9 Å². The molecule has 0 atom stereocenters. The molecule has 0 amide bonds. The lowest BCUT2D eigenvalue weighted by Gasteiger charge is -2.23. The van der Waals surface area contributed by atoms with Crippen molar-refractivity contribution in [2.75, 3.05) is 44.2 Å². The summed E-state index contributed by atoms with van der Waals surface area (Å²) in [6.07, 6.45) is 7.59. The summed E-state index contributed by atoms with van der Waals surface area (Å²) in [4.78, 5) is 12.7. The van der Waals surface area contributed by atoms with Crippen LogP contribution in [0.25, 0.3) is 5.57 Å². The van der Waals surface area contributed by atoms with E-state index in [1.54, 1.807) is 0 Å². The number of esters is 1. The molecule has 3 rings (SSSR count). The zero-order valence-corrected chi connectivity index (χ0v) is 28.0. The first-order valence-electron chi connectivity index (χ1n) is 14.8. The van der Waals surface area contributed by atoms with Crippen molar-refractivity contribution in [3.63, 3.8) is 0 Å². The van der Waals surface area contributed by atoms with Crippen molar-refractivity contribution in [1.29, 1.82) is 0 Å². The molecule has 2 aromatic carbocycles. The average molecular weight is 656 g/mol. The third-order valence-electron chi connectivity index (χ3n) is 7.35. The maximum atomic E-state index is 13.0. The van der Waals surface area contributed by atoms with Gasteiger partial charge in [0, 0.05) is 48.6 Å². The van der Waals surface area contributed by atoms with Gasteiger partial charge < -0.3 is 14.2 Å². The molecule has 12 heteroatoms. The van der Waals surface area contributed by atoms with Crippen molar-refractivity contribution < 1.29 is 35.5 Å². The summed E-state index contributed by atoms with van der Waals surface area (Å²) in [6.45, 7) is 15.8. The molecule has 0 heterocycles. The summed E-state index contributed by atoms with van der Waals surface area (Å²) >= 11 is 0. The second-order valence-corrected chi connectivity index (χ2v) is 13.4. The van der Waals surface area contributed by atoms with Gasteiger partial charge in [0.25, 0.3) is 0 Å². The molecule has 242 valence electrons. The number of benzene rings is 2. The van der Waals surface area contributed by atoms with Gasteiger partial charge in [-0.2, -0.15) is 0 Å². The van der Waals surface area contributed by atoms with E-state index < -0.39 is 35.9 Å². The molecule has 0 aromatic heterocycles. The molecular weight excluding hydrogens is 615 g/mol. The standard InChI is InChI=1S/C33H41N3O7S2/c1-7-35(8-2)27-15-11-25(12-16-27)32(26-13-17-28(18-14-26)36(9-3)10-4)30-20-19-29(23-31(30)45(40,41)42)44(38,39)34-21-22-43-33(37)24(5)6/h11-20,23,34H,5,7-10,21-22H2,1-4,6H3. The smallest absolute Gasteiger partial charge is 0.333 e. The minimum Gasteiger partial charge on any atom is -0.744 e. The van der Waals surface area contributed by atoms with E-state index in [1.807, 2.05) is 48.6 Å². The molecule has 0 aliphatic heterocycles. The van der Waals surface area contributed by atoms with E-state index >= 15 is 0 Å². The van der Waals surface area contributed by atoms with Gasteiger partial charge in [0.2, 0.25) is 10.0 Å².